The Morgan fingerprint density at radius 2 is 2.21 bits per heavy atom. The Labute approximate surface area is 81.9 Å². The molecule has 2 N–H and O–H groups in total. The molecule has 0 bridgehead atoms. The van der Waals surface area contributed by atoms with Crippen molar-refractivity contribution in [3.05, 3.63) is 35.4 Å². The topological polar surface area (TPSA) is 76.1 Å². The summed E-state index contributed by atoms with van der Waals surface area (Å²) in [6, 6.07) is 8.93. The van der Waals surface area contributed by atoms with Gasteiger partial charge in [0.2, 0.25) is 0 Å². The van der Waals surface area contributed by atoms with Crippen LogP contribution in [0.2, 0.25) is 0 Å². The number of rotatable bonds is 2. The molecule has 1 aromatic rings. The van der Waals surface area contributed by atoms with Crippen LogP contribution in [0.25, 0.3) is 0 Å². The lowest BCUT2D eigenvalue weighted by molar-refractivity contribution is 0.116. The van der Waals surface area contributed by atoms with Gasteiger partial charge in [0.05, 0.1) is 11.6 Å². The molecule has 0 saturated carbocycles. The third-order valence-electron chi connectivity index (χ3n) is 1.81. The van der Waals surface area contributed by atoms with Crippen LogP contribution in [0.15, 0.2) is 24.3 Å². The predicted octanol–water partition coefficient (Wildman–Crippen LogP) is 1.71. The van der Waals surface area contributed by atoms with Crippen molar-refractivity contribution in [2.75, 3.05) is 0 Å². The minimum absolute atomic E-state index is 0.487. The molecule has 0 fully saturated rings. The molecule has 1 amide bonds. The van der Waals surface area contributed by atoms with E-state index in [2.05, 4.69) is 0 Å². The maximum absolute atomic E-state index is 10.5. The normalized spacial score (nSPS) is 11.4. The first-order valence-corrected chi connectivity index (χ1v) is 4.10. The van der Waals surface area contributed by atoms with E-state index in [0.29, 0.717) is 11.1 Å². The molecule has 4 heteroatoms. The number of nitrogens with zero attached hydrogens (tertiary/aromatic N) is 1. The smallest absolute Gasteiger partial charge is 0.405 e. The van der Waals surface area contributed by atoms with Gasteiger partial charge in [-0.3, -0.25) is 0 Å². The second-order valence-corrected chi connectivity index (χ2v) is 2.78. The zero-order valence-electron chi connectivity index (χ0n) is 7.73. The van der Waals surface area contributed by atoms with E-state index in [1.54, 1.807) is 31.2 Å². The fraction of sp³-hybridized carbons (Fsp3) is 0.200. The van der Waals surface area contributed by atoms with Gasteiger partial charge in [-0.25, -0.2) is 4.79 Å². The van der Waals surface area contributed by atoms with E-state index in [0.717, 1.165) is 0 Å². The minimum Gasteiger partial charge on any atom is -0.442 e. The average Bonchev–Trinajstić information content (AvgIpc) is 2.16. The lowest BCUT2D eigenvalue weighted by Crippen LogP contribution is -2.16. The molecule has 0 aromatic heterocycles. The molecule has 1 unspecified atom stereocenters. The molecule has 1 rings (SSSR count). The van der Waals surface area contributed by atoms with Gasteiger partial charge >= 0.3 is 6.09 Å². The van der Waals surface area contributed by atoms with Gasteiger partial charge in [-0.1, -0.05) is 18.2 Å². The highest BCUT2D eigenvalue weighted by atomic mass is 16.6. The van der Waals surface area contributed by atoms with E-state index in [9.17, 15) is 4.79 Å². The van der Waals surface area contributed by atoms with Crippen LogP contribution in [-0.2, 0) is 4.74 Å². The average molecular weight is 190 g/mol. The van der Waals surface area contributed by atoms with Crippen LogP contribution in [-0.4, -0.2) is 6.09 Å². The van der Waals surface area contributed by atoms with Crippen LogP contribution in [0.3, 0.4) is 0 Å². The van der Waals surface area contributed by atoms with Crippen molar-refractivity contribution < 1.29 is 9.53 Å². The summed E-state index contributed by atoms with van der Waals surface area (Å²) < 4.78 is 4.77. The van der Waals surface area contributed by atoms with Crippen LogP contribution < -0.4 is 5.73 Å². The zero-order valence-corrected chi connectivity index (χ0v) is 7.73. The van der Waals surface area contributed by atoms with E-state index in [-0.39, 0.29) is 0 Å². The molecule has 0 spiro atoms. The molecule has 14 heavy (non-hydrogen) atoms. The number of primary amides is 1. The molecule has 0 aliphatic heterocycles. The fourth-order valence-corrected chi connectivity index (χ4v) is 1.19. The number of hydrogen-bond donors (Lipinski definition) is 1. The van der Waals surface area contributed by atoms with Gasteiger partial charge in [0.25, 0.3) is 0 Å². The van der Waals surface area contributed by atoms with Gasteiger partial charge in [-0.05, 0) is 13.0 Å². The summed E-state index contributed by atoms with van der Waals surface area (Å²) in [6.07, 6.45) is -1.34. The number of nitriles is 1. The highest BCUT2D eigenvalue weighted by Gasteiger charge is 2.12. The molecular weight excluding hydrogens is 180 g/mol. The van der Waals surface area contributed by atoms with E-state index in [1.165, 1.54) is 0 Å². The largest absolute Gasteiger partial charge is 0.442 e. The van der Waals surface area contributed by atoms with Gasteiger partial charge in [0.15, 0.2) is 0 Å². The standard InChI is InChI=1S/C10H10N2O2/c1-7(14-10(12)13)9-5-3-2-4-8(9)6-11/h2-5,7H,1H3,(H2,12,13). The van der Waals surface area contributed by atoms with Crippen LogP contribution in [0, 0.1) is 11.3 Å². The molecule has 0 aliphatic rings. The molecule has 1 atom stereocenters. The van der Waals surface area contributed by atoms with Gasteiger partial charge in [-0.15, -0.1) is 0 Å². The number of ether oxygens (including phenoxy) is 1. The number of carbonyl (C=O) groups excluding carboxylic acids is 1. The first-order chi connectivity index (χ1) is 6.65. The van der Waals surface area contributed by atoms with Crippen molar-refractivity contribution in [1.29, 1.82) is 5.26 Å². The van der Waals surface area contributed by atoms with Crippen molar-refractivity contribution >= 4 is 6.09 Å². The minimum atomic E-state index is -0.842. The van der Waals surface area contributed by atoms with E-state index >= 15 is 0 Å². The van der Waals surface area contributed by atoms with Gasteiger partial charge in [0, 0.05) is 5.56 Å². The summed E-state index contributed by atoms with van der Waals surface area (Å²) in [6.45, 7) is 1.67. The molecule has 0 heterocycles. The highest BCUT2D eigenvalue weighted by Crippen LogP contribution is 2.19. The Hall–Kier alpha value is -2.02. The Balaban J connectivity index is 2.95. The summed E-state index contributed by atoms with van der Waals surface area (Å²) in [7, 11) is 0. The maximum atomic E-state index is 10.5. The van der Waals surface area contributed by atoms with Gasteiger partial charge < -0.3 is 10.5 Å². The van der Waals surface area contributed by atoms with Crippen LogP contribution in [0.4, 0.5) is 4.79 Å². The summed E-state index contributed by atoms with van der Waals surface area (Å²) in [5, 5.41) is 8.78. The molecule has 1 aromatic carbocycles. The molecule has 0 radical (unpaired) electrons. The van der Waals surface area contributed by atoms with Gasteiger partial charge in [0.1, 0.15) is 6.10 Å². The van der Waals surface area contributed by atoms with Crippen molar-refractivity contribution in [2.45, 2.75) is 13.0 Å². The van der Waals surface area contributed by atoms with Crippen LogP contribution in [0.1, 0.15) is 24.2 Å². The predicted molar refractivity (Wildman–Crippen MR) is 50.2 cm³/mol. The SMILES string of the molecule is CC(OC(N)=O)c1ccccc1C#N. The van der Waals surface area contributed by atoms with Crippen molar-refractivity contribution in [1.82, 2.24) is 0 Å². The third-order valence-corrected chi connectivity index (χ3v) is 1.81. The Kier molecular flexibility index (Phi) is 3.08. The maximum Gasteiger partial charge on any atom is 0.405 e. The van der Waals surface area contributed by atoms with E-state index < -0.39 is 12.2 Å². The molecular formula is C10H10N2O2. The molecule has 4 nitrogen and oxygen atoms in total. The monoisotopic (exact) mass is 190 g/mol. The number of hydrogen-bond acceptors (Lipinski definition) is 3. The number of carbonyl (C=O) groups is 1. The summed E-state index contributed by atoms with van der Waals surface area (Å²) in [5.74, 6) is 0. The summed E-state index contributed by atoms with van der Waals surface area (Å²) >= 11 is 0. The quantitative estimate of drug-likeness (QED) is 0.771. The van der Waals surface area contributed by atoms with E-state index in [1.807, 2.05) is 6.07 Å². The summed E-state index contributed by atoms with van der Waals surface area (Å²) in [5.41, 5.74) is 6.03. The van der Waals surface area contributed by atoms with Crippen LogP contribution >= 0.6 is 0 Å². The van der Waals surface area contributed by atoms with Crippen molar-refractivity contribution in [3.8, 4) is 6.07 Å². The Morgan fingerprint density at radius 3 is 2.79 bits per heavy atom. The number of nitrogens with two attached hydrogens (primary N) is 1. The zero-order chi connectivity index (χ0) is 10.6. The second-order valence-electron chi connectivity index (χ2n) is 2.78. The van der Waals surface area contributed by atoms with Crippen LogP contribution in [0.5, 0.6) is 0 Å². The lowest BCUT2D eigenvalue weighted by Gasteiger charge is -2.12. The lowest BCUT2D eigenvalue weighted by atomic mass is 10.0. The molecule has 0 saturated heterocycles. The Morgan fingerprint density at radius 1 is 1.57 bits per heavy atom. The van der Waals surface area contributed by atoms with Crippen molar-refractivity contribution in [3.63, 3.8) is 0 Å². The summed E-state index contributed by atoms with van der Waals surface area (Å²) in [4.78, 5) is 10.5. The highest BCUT2D eigenvalue weighted by molar-refractivity contribution is 5.65. The fourth-order valence-electron chi connectivity index (χ4n) is 1.19. The number of benzene rings is 1. The third kappa shape index (κ3) is 2.23. The number of amides is 1. The van der Waals surface area contributed by atoms with Gasteiger partial charge in [-0.2, -0.15) is 5.26 Å². The second kappa shape index (κ2) is 4.28. The van der Waals surface area contributed by atoms with Crippen molar-refractivity contribution in [2.24, 2.45) is 5.73 Å². The first-order valence-electron chi connectivity index (χ1n) is 4.10. The van der Waals surface area contributed by atoms with E-state index in [4.69, 9.17) is 15.7 Å². The Bertz CT molecular complexity index is 382. The first kappa shape index (κ1) is 10.1. The molecule has 72 valence electrons. The molecule has 0 aliphatic carbocycles.